The summed E-state index contributed by atoms with van der Waals surface area (Å²) in [6.45, 7) is 0. The van der Waals surface area contributed by atoms with Crippen LogP contribution in [0.1, 0.15) is 16.2 Å². The Morgan fingerprint density at radius 3 is 2.61 bits per heavy atom. The lowest BCUT2D eigenvalue weighted by Gasteiger charge is -2.02. The number of phenols is 1. The van der Waals surface area contributed by atoms with Crippen LogP contribution in [0.4, 0.5) is 0 Å². The summed E-state index contributed by atoms with van der Waals surface area (Å²) in [5.74, 6) is -0.934. The monoisotopic (exact) mass is 307 g/mol. The number of nitrogens with one attached hydrogen (secondary N) is 2. The van der Waals surface area contributed by atoms with E-state index in [0.29, 0.717) is 5.82 Å². The van der Waals surface area contributed by atoms with Gasteiger partial charge in [0.05, 0.1) is 16.6 Å². The molecule has 114 valence electrons. The number of H-pyrrole nitrogens is 1. The molecule has 0 bridgehead atoms. The summed E-state index contributed by atoms with van der Waals surface area (Å²) in [6.07, 6.45) is 2.68. The Hall–Kier alpha value is -3.41. The van der Waals surface area contributed by atoms with Crippen molar-refractivity contribution in [1.82, 2.24) is 15.3 Å². The summed E-state index contributed by atoms with van der Waals surface area (Å²) in [5, 5.41) is 11.8. The van der Waals surface area contributed by atoms with Gasteiger partial charge >= 0.3 is 0 Å². The molecule has 0 aliphatic heterocycles. The van der Waals surface area contributed by atoms with E-state index in [1.807, 2.05) is 24.3 Å². The van der Waals surface area contributed by atoms with Crippen LogP contribution >= 0.6 is 0 Å². The fourth-order valence-corrected chi connectivity index (χ4v) is 2.09. The van der Waals surface area contributed by atoms with E-state index < -0.39 is 11.8 Å². The van der Waals surface area contributed by atoms with Crippen LogP contribution in [-0.2, 0) is 4.79 Å². The van der Waals surface area contributed by atoms with Crippen LogP contribution in [0.15, 0.2) is 54.6 Å². The number of amides is 2. The molecule has 0 saturated heterocycles. The molecule has 0 fully saturated rings. The molecule has 0 aliphatic rings. The van der Waals surface area contributed by atoms with Gasteiger partial charge in [0.15, 0.2) is 0 Å². The van der Waals surface area contributed by atoms with E-state index in [1.165, 1.54) is 24.3 Å². The predicted octanol–water partition coefficient (Wildman–Crippen LogP) is 2.24. The number of aromatic nitrogens is 2. The molecule has 1 heterocycles. The highest BCUT2D eigenvalue weighted by Gasteiger charge is 2.12. The summed E-state index contributed by atoms with van der Waals surface area (Å²) in [4.78, 5) is 31.0. The summed E-state index contributed by atoms with van der Waals surface area (Å²) in [7, 11) is 0. The van der Waals surface area contributed by atoms with Crippen molar-refractivity contribution in [2.24, 2.45) is 0 Å². The van der Waals surface area contributed by atoms with E-state index in [9.17, 15) is 14.7 Å². The van der Waals surface area contributed by atoms with Crippen LogP contribution < -0.4 is 5.32 Å². The largest absolute Gasteiger partial charge is 0.507 e. The topological polar surface area (TPSA) is 95.1 Å². The second-order valence-corrected chi connectivity index (χ2v) is 4.81. The Morgan fingerprint density at radius 1 is 1.09 bits per heavy atom. The average Bonchev–Trinajstić information content (AvgIpc) is 2.96. The smallest absolute Gasteiger partial charge is 0.261 e. The molecule has 3 rings (SSSR count). The molecular formula is C17H13N3O3. The van der Waals surface area contributed by atoms with Crippen molar-refractivity contribution < 1.29 is 14.7 Å². The van der Waals surface area contributed by atoms with Crippen molar-refractivity contribution in [3.05, 3.63) is 66.0 Å². The molecule has 3 N–H and O–H groups in total. The fourth-order valence-electron chi connectivity index (χ4n) is 2.09. The van der Waals surface area contributed by atoms with Crippen LogP contribution in [0.25, 0.3) is 17.1 Å². The van der Waals surface area contributed by atoms with Gasteiger partial charge in [-0.1, -0.05) is 24.3 Å². The van der Waals surface area contributed by atoms with Gasteiger partial charge in [-0.05, 0) is 30.3 Å². The minimum atomic E-state index is -0.664. The number of rotatable bonds is 3. The minimum Gasteiger partial charge on any atom is -0.507 e. The quantitative estimate of drug-likeness (QED) is 0.647. The molecule has 0 spiro atoms. The van der Waals surface area contributed by atoms with Crippen molar-refractivity contribution in [3.63, 3.8) is 0 Å². The summed E-state index contributed by atoms with van der Waals surface area (Å²) >= 11 is 0. The molecule has 2 aromatic carbocycles. The van der Waals surface area contributed by atoms with E-state index in [2.05, 4.69) is 15.3 Å². The second-order valence-electron chi connectivity index (χ2n) is 4.81. The maximum atomic E-state index is 11.9. The van der Waals surface area contributed by atoms with E-state index in [0.717, 1.165) is 11.0 Å². The zero-order chi connectivity index (χ0) is 16.2. The fraction of sp³-hybridized carbons (Fsp3) is 0. The maximum Gasteiger partial charge on any atom is 0.261 e. The normalized spacial score (nSPS) is 11.0. The number of fused-ring (bicyclic) bond motifs is 1. The first kappa shape index (κ1) is 14.5. The first-order valence-electron chi connectivity index (χ1n) is 6.89. The molecule has 23 heavy (non-hydrogen) atoms. The number of nitrogens with zero attached hydrogens (tertiary/aromatic N) is 1. The Labute approximate surface area is 131 Å². The SMILES string of the molecule is O=C(C=Cc1nc2ccccc2[nH]1)NC(=O)c1ccccc1O. The lowest BCUT2D eigenvalue weighted by Crippen LogP contribution is -2.28. The van der Waals surface area contributed by atoms with Gasteiger partial charge in [-0.25, -0.2) is 4.98 Å². The second kappa shape index (κ2) is 6.15. The van der Waals surface area contributed by atoms with Gasteiger partial charge in [0.25, 0.3) is 11.8 Å². The molecule has 2 amide bonds. The van der Waals surface area contributed by atoms with E-state index >= 15 is 0 Å². The van der Waals surface area contributed by atoms with Crippen molar-refractivity contribution >= 4 is 28.9 Å². The van der Waals surface area contributed by atoms with Gasteiger partial charge in [-0.3, -0.25) is 14.9 Å². The van der Waals surface area contributed by atoms with E-state index in [1.54, 1.807) is 12.1 Å². The molecule has 6 nitrogen and oxygen atoms in total. The van der Waals surface area contributed by atoms with Gasteiger partial charge < -0.3 is 10.1 Å². The Morgan fingerprint density at radius 2 is 1.83 bits per heavy atom. The molecule has 6 heteroatoms. The highest BCUT2D eigenvalue weighted by atomic mass is 16.3. The van der Waals surface area contributed by atoms with Crippen molar-refractivity contribution in [2.45, 2.75) is 0 Å². The number of phenolic OH excluding ortho intramolecular Hbond substituents is 1. The van der Waals surface area contributed by atoms with Crippen LogP contribution in [0, 0.1) is 0 Å². The summed E-state index contributed by atoms with van der Waals surface area (Å²) < 4.78 is 0. The Bertz CT molecular complexity index is 879. The van der Waals surface area contributed by atoms with Gasteiger partial charge in [0.1, 0.15) is 11.6 Å². The number of imidazole rings is 1. The van der Waals surface area contributed by atoms with Crippen LogP contribution in [0.5, 0.6) is 5.75 Å². The molecule has 0 saturated carbocycles. The number of aromatic amines is 1. The number of hydrogen-bond acceptors (Lipinski definition) is 4. The Balaban J connectivity index is 1.69. The minimum absolute atomic E-state index is 0.0398. The molecule has 3 aromatic rings. The number of aromatic hydroxyl groups is 1. The van der Waals surface area contributed by atoms with Crippen molar-refractivity contribution in [3.8, 4) is 5.75 Å². The third-order valence-corrected chi connectivity index (χ3v) is 3.19. The zero-order valence-corrected chi connectivity index (χ0v) is 12.0. The van der Waals surface area contributed by atoms with Crippen LogP contribution in [-0.4, -0.2) is 26.9 Å². The van der Waals surface area contributed by atoms with E-state index in [4.69, 9.17) is 0 Å². The third-order valence-electron chi connectivity index (χ3n) is 3.19. The lowest BCUT2D eigenvalue weighted by molar-refractivity contribution is -0.115. The van der Waals surface area contributed by atoms with Crippen molar-refractivity contribution in [2.75, 3.05) is 0 Å². The predicted molar refractivity (Wildman–Crippen MR) is 85.7 cm³/mol. The molecule has 0 aliphatic carbocycles. The van der Waals surface area contributed by atoms with Gasteiger partial charge in [0.2, 0.25) is 0 Å². The number of para-hydroxylation sites is 3. The summed E-state index contributed by atoms with van der Waals surface area (Å²) in [6, 6.07) is 13.5. The van der Waals surface area contributed by atoms with Crippen LogP contribution in [0.3, 0.4) is 0 Å². The number of carbonyl (C=O) groups is 2. The van der Waals surface area contributed by atoms with Gasteiger partial charge in [-0.2, -0.15) is 0 Å². The van der Waals surface area contributed by atoms with Crippen molar-refractivity contribution in [1.29, 1.82) is 0 Å². The van der Waals surface area contributed by atoms with E-state index in [-0.39, 0.29) is 11.3 Å². The highest BCUT2D eigenvalue weighted by Crippen LogP contribution is 2.15. The zero-order valence-electron chi connectivity index (χ0n) is 12.0. The first-order chi connectivity index (χ1) is 11.1. The molecule has 0 radical (unpaired) electrons. The molecule has 0 atom stereocenters. The molecule has 1 aromatic heterocycles. The highest BCUT2D eigenvalue weighted by molar-refractivity contribution is 6.10. The standard InChI is InChI=1S/C17H13N3O3/c21-14-8-4-1-5-11(14)17(23)20-16(22)10-9-15-18-12-6-2-3-7-13(12)19-15/h1-10,21H,(H,18,19)(H,20,22,23). The third kappa shape index (κ3) is 3.26. The average molecular weight is 307 g/mol. The van der Waals surface area contributed by atoms with Gasteiger partial charge in [-0.15, -0.1) is 0 Å². The first-order valence-corrected chi connectivity index (χ1v) is 6.89. The lowest BCUT2D eigenvalue weighted by atomic mass is 10.2. The maximum absolute atomic E-state index is 11.9. The molecular weight excluding hydrogens is 294 g/mol. The van der Waals surface area contributed by atoms with Crippen LogP contribution in [0.2, 0.25) is 0 Å². The molecule has 0 unspecified atom stereocenters. The summed E-state index contributed by atoms with van der Waals surface area (Å²) in [5.41, 5.74) is 1.69. The number of carbonyl (C=O) groups excluding carboxylic acids is 2. The number of benzene rings is 2. The number of hydrogen-bond donors (Lipinski definition) is 3. The Kier molecular flexibility index (Phi) is 3.88. The number of imide groups is 1. The van der Waals surface area contributed by atoms with Gasteiger partial charge in [0, 0.05) is 6.08 Å².